The van der Waals surface area contributed by atoms with E-state index in [0.29, 0.717) is 6.54 Å². The molecule has 80 valence electrons. The Hall–Kier alpha value is -1.02. The summed E-state index contributed by atoms with van der Waals surface area (Å²) in [5, 5.41) is -0.407. The van der Waals surface area contributed by atoms with Crippen LogP contribution < -0.4 is 0 Å². The highest BCUT2D eigenvalue weighted by atomic mass is 35.5. The molecule has 2 nitrogen and oxygen atoms in total. The first-order valence-corrected chi connectivity index (χ1v) is 5.56. The van der Waals surface area contributed by atoms with Crippen LogP contribution in [0.25, 0.3) is 0 Å². The quantitative estimate of drug-likeness (QED) is 0.558. The first-order chi connectivity index (χ1) is 7.16. The van der Waals surface area contributed by atoms with E-state index in [0.717, 1.165) is 5.56 Å². The number of rotatable bonds is 2. The predicted molar refractivity (Wildman–Crippen MR) is 61.2 cm³/mol. The second-order valence-electron chi connectivity index (χ2n) is 4.07. The number of aryl methyl sites for hydroxylation is 2. The van der Waals surface area contributed by atoms with Gasteiger partial charge in [0.1, 0.15) is 0 Å². The number of benzene rings is 1. The molecule has 0 radical (unpaired) electrons. The van der Waals surface area contributed by atoms with Crippen LogP contribution in [0.1, 0.15) is 23.1 Å². The Morgan fingerprint density at radius 3 is 2.87 bits per heavy atom. The summed E-state index contributed by atoms with van der Waals surface area (Å²) >= 11 is 5.38. The van der Waals surface area contributed by atoms with E-state index < -0.39 is 5.37 Å². The highest BCUT2D eigenvalue weighted by Gasteiger charge is 2.12. The lowest BCUT2D eigenvalue weighted by atomic mass is 10.1. The van der Waals surface area contributed by atoms with Crippen LogP contribution in [0.15, 0.2) is 18.2 Å². The van der Waals surface area contributed by atoms with Crippen molar-refractivity contribution < 1.29 is 4.79 Å². The topological polar surface area (TPSA) is 20.3 Å². The zero-order valence-electron chi connectivity index (χ0n) is 8.79. The van der Waals surface area contributed by atoms with Gasteiger partial charge in [-0.1, -0.05) is 18.2 Å². The number of amides is 1. The van der Waals surface area contributed by atoms with Gasteiger partial charge >= 0.3 is 5.37 Å². The Balaban J connectivity index is 2.13. The second kappa shape index (κ2) is 4.23. The Kier molecular flexibility index (Phi) is 2.96. The van der Waals surface area contributed by atoms with Gasteiger partial charge in [0.05, 0.1) is 0 Å². The van der Waals surface area contributed by atoms with E-state index in [1.54, 1.807) is 7.05 Å². The van der Waals surface area contributed by atoms with Gasteiger partial charge in [-0.15, -0.1) is 0 Å². The molecule has 0 aromatic heterocycles. The summed E-state index contributed by atoms with van der Waals surface area (Å²) in [6, 6.07) is 6.45. The average Bonchev–Trinajstić information content (AvgIpc) is 2.64. The predicted octanol–water partition coefficient (Wildman–Crippen LogP) is 2.97. The third kappa shape index (κ3) is 2.32. The molecule has 0 heterocycles. The number of hydrogen-bond acceptors (Lipinski definition) is 1. The molecule has 1 amide bonds. The first-order valence-electron chi connectivity index (χ1n) is 5.18. The zero-order chi connectivity index (χ0) is 10.8. The van der Waals surface area contributed by atoms with Gasteiger partial charge in [0.15, 0.2) is 0 Å². The van der Waals surface area contributed by atoms with Gasteiger partial charge in [-0.2, -0.15) is 0 Å². The number of fused-ring (bicyclic) bond motifs is 1. The lowest BCUT2D eigenvalue weighted by Crippen LogP contribution is -2.20. The molecule has 0 fully saturated rings. The molecule has 3 heteroatoms. The Bertz CT molecular complexity index is 389. The minimum atomic E-state index is -0.407. The Morgan fingerprint density at radius 1 is 1.40 bits per heavy atom. The summed E-state index contributed by atoms with van der Waals surface area (Å²) in [6.07, 6.45) is 3.62. The fourth-order valence-electron chi connectivity index (χ4n) is 2.06. The van der Waals surface area contributed by atoms with Crippen molar-refractivity contribution in [2.24, 2.45) is 0 Å². The summed E-state index contributed by atoms with van der Waals surface area (Å²) in [5.74, 6) is 0. The van der Waals surface area contributed by atoms with Gasteiger partial charge in [0, 0.05) is 13.6 Å². The summed E-state index contributed by atoms with van der Waals surface area (Å²) in [5.41, 5.74) is 4.05. The van der Waals surface area contributed by atoms with Crippen LogP contribution in [-0.4, -0.2) is 17.3 Å². The minimum absolute atomic E-state index is 0.407. The molecule has 0 N–H and O–H groups in total. The van der Waals surface area contributed by atoms with Gasteiger partial charge < -0.3 is 4.90 Å². The fraction of sp³-hybridized carbons (Fsp3) is 0.417. The van der Waals surface area contributed by atoms with Crippen LogP contribution in [0.4, 0.5) is 4.79 Å². The number of nitrogens with zero attached hydrogens (tertiary/aromatic N) is 1. The maximum absolute atomic E-state index is 10.9. The normalized spacial score (nSPS) is 13.7. The third-order valence-corrected chi connectivity index (χ3v) is 3.17. The number of halogens is 1. The molecule has 0 atom stereocenters. The van der Waals surface area contributed by atoms with Crippen molar-refractivity contribution in [3.8, 4) is 0 Å². The highest BCUT2D eigenvalue weighted by molar-refractivity contribution is 6.62. The summed E-state index contributed by atoms with van der Waals surface area (Å²) in [4.78, 5) is 12.4. The lowest BCUT2D eigenvalue weighted by Gasteiger charge is -2.13. The molecule has 0 saturated heterocycles. The molecule has 0 saturated carbocycles. The van der Waals surface area contributed by atoms with E-state index in [-0.39, 0.29) is 0 Å². The minimum Gasteiger partial charge on any atom is -0.328 e. The maximum Gasteiger partial charge on any atom is 0.316 e. The molecule has 1 aromatic rings. The van der Waals surface area contributed by atoms with E-state index in [2.05, 4.69) is 18.2 Å². The largest absolute Gasteiger partial charge is 0.328 e. The fourth-order valence-corrected chi connectivity index (χ4v) is 2.12. The van der Waals surface area contributed by atoms with Crippen molar-refractivity contribution in [3.05, 3.63) is 34.9 Å². The van der Waals surface area contributed by atoms with Crippen LogP contribution in [0.3, 0.4) is 0 Å². The van der Waals surface area contributed by atoms with Gasteiger partial charge in [-0.25, -0.2) is 0 Å². The SMILES string of the molecule is CN(Cc1ccc2c(c1)CCC2)C(=O)Cl. The van der Waals surface area contributed by atoms with Gasteiger partial charge in [-0.3, -0.25) is 4.79 Å². The Morgan fingerprint density at radius 2 is 2.13 bits per heavy atom. The first kappa shape index (κ1) is 10.5. The van der Waals surface area contributed by atoms with Crippen molar-refractivity contribution >= 4 is 17.0 Å². The molecular formula is C12H14ClNO. The van der Waals surface area contributed by atoms with Crippen LogP contribution in [0, 0.1) is 0 Å². The molecule has 0 aliphatic heterocycles. The van der Waals surface area contributed by atoms with Crippen LogP contribution in [0.2, 0.25) is 0 Å². The standard InChI is InChI=1S/C12H14ClNO/c1-14(12(13)15)8-9-5-6-10-3-2-4-11(10)7-9/h5-7H,2-4,8H2,1H3. The number of carbonyl (C=O) groups is 1. The van der Waals surface area contributed by atoms with Crippen molar-refractivity contribution in [3.63, 3.8) is 0 Å². The lowest BCUT2D eigenvalue weighted by molar-refractivity contribution is 0.230. The van der Waals surface area contributed by atoms with Gasteiger partial charge in [-0.05, 0) is 47.6 Å². The molecule has 0 spiro atoms. The monoisotopic (exact) mass is 223 g/mol. The zero-order valence-corrected chi connectivity index (χ0v) is 9.55. The highest BCUT2D eigenvalue weighted by Crippen LogP contribution is 2.23. The van der Waals surface area contributed by atoms with Gasteiger partial charge in [0.25, 0.3) is 0 Å². The number of hydrogen-bond donors (Lipinski definition) is 0. The van der Waals surface area contributed by atoms with Gasteiger partial charge in [0.2, 0.25) is 0 Å². The van der Waals surface area contributed by atoms with Crippen LogP contribution in [0.5, 0.6) is 0 Å². The number of carbonyl (C=O) groups excluding carboxylic acids is 1. The summed E-state index contributed by atoms with van der Waals surface area (Å²) < 4.78 is 0. The van der Waals surface area contributed by atoms with E-state index in [1.807, 2.05) is 0 Å². The van der Waals surface area contributed by atoms with Crippen molar-refractivity contribution in [1.29, 1.82) is 0 Å². The van der Waals surface area contributed by atoms with Crippen LogP contribution >= 0.6 is 11.6 Å². The molecule has 1 aromatic carbocycles. The molecule has 0 bridgehead atoms. The third-order valence-electron chi connectivity index (χ3n) is 2.88. The van der Waals surface area contributed by atoms with E-state index in [9.17, 15) is 4.79 Å². The van der Waals surface area contributed by atoms with Crippen molar-refractivity contribution in [1.82, 2.24) is 4.90 Å². The smallest absolute Gasteiger partial charge is 0.316 e. The summed E-state index contributed by atoms with van der Waals surface area (Å²) in [7, 11) is 1.71. The summed E-state index contributed by atoms with van der Waals surface area (Å²) in [6.45, 7) is 0.593. The molecular weight excluding hydrogens is 210 g/mol. The molecule has 1 aliphatic rings. The van der Waals surface area contributed by atoms with Crippen LogP contribution in [-0.2, 0) is 19.4 Å². The van der Waals surface area contributed by atoms with E-state index in [1.165, 1.54) is 35.3 Å². The van der Waals surface area contributed by atoms with E-state index in [4.69, 9.17) is 11.6 Å². The molecule has 1 aliphatic carbocycles. The van der Waals surface area contributed by atoms with Crippen molar-refractivity contribution in [2.45, 2.75) is 25.8 Å². The van der Waals surface area contributed by atoms with Crippen molar-refractivity contribution in [2.75, 3.05) is 7.05 Å². The molecule has 0 unspecified atom stereocenters. The molecule has 2 rings (SSSR count). The Labute approximate surface area is 94.8 Å². The average molecular weight is 224 g/mol. The maximum atomic E-state index is 10.9. The second-order valence-corrected chi connectivity index (χ2v) is 4.39. The molecule has 15 heavy (non-hydrogen) atoms. The van der Waals surface area contributed by atoms with E-state index >= 15 is 0 Å².